The summed E-state index contributed by atoms with van der Waals surface area (Å²) in [6.07, 6.45) is 2.49. The van der Waals surface area contributed by atoms with Crippen molar-refractivity contribution < 1.29 is 4.79 Å². The van der Waals surface area contributed by atoms with Crippen LogP contribution in [0.1, 0.15) is 30.4 Å². The third-order valence-corrected chi connectivity index (χ3v) is 4.22. The highest BCUT2D eigenvalue weighted by molar-refractivity contribution is 5.77. The number of nitrogens with zero attached hydrogens (tertiary/aromatic N) is 1. The summed E-state index contributed by atoms with van der Waals surface area (Å²) in [6.45, 7) is 4.48. The van der Waals surface area contributed by atoms with Crippen molar-refractivity contribution >= 4 is 5.78 Å². The van der Waals surface area contributed by atoms with Crippen LogP contribution in [0, 0.1) is 5.92 Å². The number of carbonyl (C=O) groups is 1. The van der Waals surface area contributed by atoms with Gasteiger partial charge in [-0.25, -0.2) is 0 Å². The highest BCUT2D eigenvalue weighted by Gasteiger charge is 2.36. The second kappa shape index (κ2) is 4.26. The van der Waals surface area contributed by atoms with E-state index in [-0.39, 0.29) is 5.78 Å². The van der Waals surface area contributed by atoms with Gasteiger partial charge in [0, 0.05) is 12.5 Å². The number of fused-ring (bicyclic) bond motifs is 3. The molecule has 2 unspecified atom stereocenters. The Labute approximate surface area is 103 Å². The average Bonchev–Trinajstić information content (AvgIpc) is 2.66. The summed E-state index contributed by atoms with van der Waals surface area (Å²) in [5, 5.41) is 0. The van der Waals surface area contributed by atoms with Crippen LogP contribution in [0.15, 0.2) is 24.3 Å². The molecule has 1 aromatic carbocycles. The lowest BCUT2D eigenvalue weighted by molar-refractivity contribution is -0.118. The summed E-state index contributed by atoms with van der Waals surface area (Å²) in [5.41, 5.74) is 3.07. The number of rotatable bonds is 2. The summed E-state index contributed by atoms with van der Waals surface area (Å²) in [7, 11) is 0. The number of hydrogen-bond donors (Lipinski definition) is 0. The molecule has 0 radical (unpaired) electrons. The second-order valence-electron chi connectivity index (χ2n) is 5.50. The van der Waals surface area contributed by atoms with E-state index in [1.807, 2.05) is 0 Å². The number of benzene rings is 1. The zero-order valence-electron chi connectivity index (χ0n) is 10.4. The zero-order valence-corrected chi connectivity index (χ0v) is 10.4. The number of hydrogen-bond acceptors (Lipinski definition) is 2. The largest absolute Gasteiger partial charge is 0.299 e. The van der Waals surface area contributed by atoms with Crippen LogP contribution in [0.3, 0.4) is 0 Å². The summed E-state index contributed by atoms with van der Waals surface area (Å²) in [4.78, 5) is 13.5. The fourth-order valence-electron chi connectivity index (χ4n) is 3.49. The molecule has 90 valence electrons. The minimum atomic E-state index is 0.287. The maximum Gasteiger partial charge on any atom is 0.143 e. The monoisotopic (exact) mass is 229 g/mol. The van der Waals surface area contributed by atoms with Gasteiger partial charge < -0.3 is 0 Å². The number of ketones is 1. The first-order valence-electron chi connectivity index (χ1n) is 6.53. The van der Waals surface area contributed by atoms with Gasteiger partial charge >= 0.3 is 0 Å². The molecular formula is C15H19NO. The predicted molar refractivity (Wildman–Crippen MR) is 68.1 cm³/mol. The van der Waals surface area contributed by atoms with E-state index in [1.54, 1.807) is 6.92 Å². The molecule has 0 bridgehead atoms. The number of piperidine rings is 1. The van der Waals surface area contributed by atoms with E-state index in [9.17, 15) is 4.79 Å². The number of Topliss-reactive ketones (excluding diaryl/α,β-unsaturated/α-hetero) is 1. The fourth-order valence-corrected chi connectivity index (χ4v) is 3.49. The van der Waals surface area contributed by atoms with Crippen LogP contribution in [0.2, 0.25) is 0 Å². The molecule has 1 heterocycles. The SMILES string of the molecule is CC(=O)CN1CCC2Cc3ccccc3C2C1. The molecule has 3 rings (SSSR count). The average molecular weight is 229 g/mol. The Balaban J connectivity index is 1.79. The van der Waals surface area contributed by atoms with Crippen LogP contribution in [0.4, 0.5) is 0 Å². The van der Waals surface area contributed by atoms with Gasteiger partial charge in [0.1, 0.15) is 5.78 Å². The van der Waals surface area contributed by atoms with Crippen LogP contribution < -0.4 is 0 Å². The highest BCUT2D eigenvalue weighted by atomic mass is 16.1. The third-order valence-electron chi connectivity index (χ3n) is 4.22. The zero-order chi connectivity index (χ0) is 11.8. The summed E-state index contributed by atoms with van der Waals surface area (Å²) < 4.78 is 0. The van der Waals surface area contributed by atoms with E-state index in [2.05, 4.69) is 29.2 Å². The molecule has 2 heteroatoms. The summed E-state index contributed by atoms with van der Waals surface area (Å²) in [5.74, 6) is 1.77. The van der Waals surface area contributed by atoms with Crippen molar-refractivity contribution in [2.75, 3.05) is 19.6 Å². The molecule has 17 heavy (non-hydrogen) atoms. The second-order valence-corrected chi connectivity index (χ2v) is 5.50. The van der Waals surface area contributed by atoms with Crippen molar-refractivity contribution in [2.45, 2.75) is 25.7 Å². The van der Waals surface area contributed by atoms with Gasteiger partial charge in [-0.1, -0.05) is 24.3 Å². The standard InChI is InChI=1S/C15H19NO/c1-11(17)9-16-7-6-13-8-12-4-2-3-5-14(12)15(13)10-16/h2-5,13,15H,6-10H2,1H3. The molecule has 0 amide bonds. The maximum atomic E-state index is 11.2. The molecule has 1 aromatic rings. The lowest BCUT2D eigenvalue weighted by Gasteiger charge is -2.34. The molecule has 2 aliphatic rings. The van der Waals surface area contributed by atoms with Crippen molar-refractivity contribution in [3.05, 3.63) is 35.4 Å². The summed E-state index contributed by atoms with van der Waals surface area (Å²) >= 11 is 0. The molecule has 0 aromatic heterocycles. The van der Waals surface area contributed by atoms with Crippen molar-refractivity contribution in [3.8, 4) is 0 Å². The topological polar surface area (TPSA) is 20.3 Å². The highest BCUT2D eigenvalue weighted by Crippen LogP contribution is 2.42. The van der Waals surface area contributed by atoms with E-state index in [0.29, 0.717) is 12.5 Å². The normalized spacial score (nSPS) is 27.6. The van der Waals surface area contributed by atoms with Gasteiger partial charge in [0.15, 0.2) is 0 Å². The molecule has 0 N–H and O–H groups in total. The van der Waals surface area contributed by atoms with Gasteiger partial charge in [0.25, 0.3) is 0 Å². The molecule has 0 saturated carbocycles. The van der Waals surface area contributed by atoms with E-state index in [0.717, 1.165) is 19.0 Å². The van der Waals surface area contributed by atoms with E-state index < -0.39 is 0 Å². The third kappa shape index (κ3) is 2.02. The number of likely N-dealkylation sites (tertiary alicyclic amines) is 1. The minimum absolute atomic E-state index is 0.287. The van der Waals surface area contributed by atoms with Crippen molar-refractivity contribution in [1.29, 1.82) is 0 Å². The van der Waals surface area contributed by atoms with Crippen LogP contribution >= 0.6 is 0 Å². The van der Waals surface area contributed by atoms with E-state index in [1.165, 1.54) is 24.0 Å². The Morgan fingerprint density at radius 3 is 3.06 bits per heavy atom. The lowest BCUT2D eigenvalue weighted by atomic mass is 9.86. The Kier molecular flexibility index (Phi) is 2.75. The first-order chi connectivity index (χ1) is 8.24. The smallest absolute Gasteiger partial charge is 0.143 e. The Bertz CT molecular complexity index is 440. The Hall–Kier alpha value is -1.15. The van der Waals surface area contributed by atoms with Crippen molar-refractivity contribution in [1.82, 2.24) is 4.90 Å². The van der Waals surface area contributed by atoms with E-state index in [4.69, 9.17) is 0 Å². The molecule has 2 nitrogen and oxygen atoms in total. The predicted octanol–water partition coefficient (Wildman–Crippen LogP) is 2.24. The van der Waals surface area contributed by atoms with Gasteiger partial charge in [-0.15, -0.1) is 0 Å². The quantitative estimate of drug-likeness (QED) is 0.775. The van der Waals surface area contributed by atoms with Crippen molar-refractivity contribution in [3.63, 3.8) is 0 Å². The van der Waals surface area contributed by atoms with Gasteiger partial charge in [-0.05, 0) is 43.4 Å². The van der Waals surface area contributed by atoms with Gasteiger partial charge in [-0.3, -0.25) is 9.69 Å². The summed E-state index contributed by atoms with van der Waals surface area (Å²) in [6, 6.07) is 8.83. The first kappa shape index (κ1) is 11.0. The first-order valence-corrected chi connectivity index (χ1v) is 6.53. The van der Waals surface area contributed by atoms with Crippen LogP contribution in [-0.2, 0) is 11.2 Å². The van der Waals surface area contributed by atoms with Gasteiger partial charge in [-0.2, -0.15) is 0 Å². The molecule has 2 atom stereocenters. The molecule has 1 saturated heterocycles. The number of carbonyl (C=O) groups excluding carboxylic acids is 1. The molecule has 1 aliphatic carbocycles. The molecular weight excluding hydrogens is 210 g/mol. The molecule has 0 spiro atoms. The van der Waals surface area contributed by atoms with Crippen molar-refractivity contribution in [2.24, 2.45) is 5.92 Å². The minimum Gasteiger partial charge on any atom is -0.299 e. The van der Waals surface area contributed by atoms with Crippen LogP contribution in [0.25, 0.3) is 0 Å². The van der Waals surface area contributed by atoms with Gasteiger partial charge in [0.2, 0.25) is 0 Å². The molecule has 1 aliphatic heterocycles. The van der Waals surface area contributed by atoms with E-state index >= 15 is 0 Å². The lowest BCUT2D eigenvalue weighted by Crippen LogP contribution is -2.40. The molecule has 1 fully saturated rings. The Morgan fingerprint density at radius 1 is 1.41 bits per heavy atom. The van der Waals surface area contributed by atoms with Crippen LogP contribution in [0.5, 0.6) is 0 Å². The maximum absolute atomic E-state index is 11.2. The van der Waals surface area contributed by atoms with Crippen LogP contribution in [-0.4, -0.2) is 30.3 Å². The Morgan fingerprint density at radius 2 is 2.24 bits per heavy atom. The fraction of sp³-hybridized carbons (Fsp3) is 0.533. The van der Waals surface area contributed by atoms with Gasteiger partial charge in [0.05, 0.1) is 6.54 Å².